The molecule has 2 heterocycles. The Morgan fingerprint density at radius 1 is 1.00 bits per heavy atom. The van der Waals surface area contributed by atoms with E-state index in [2.05, 4.69) is 46.1 Å². The summed E-state index contributed by atoms with van der Waals surface area (Å²) in [5.41, 5.74) is 5.12. The number of pyridine rings is 1. The smallest absolute Gasteiger partial charge is 0.220 e. The largest absolute Gasteiger partial charge is 0.354 e. The maximum atomic E-state index is 12.2. The highest BCUT2D eigenvalue weighted by atomic mass is 16.1. The molecule has 0 saturated heterocycles. The quantitative estimate of drug-likeness (QED) is 0.521. The van der Waals surface area contributed by atoms with Crippen molar-refractivity contribution in [3.05, 3.63) is 84.1 Å². The van der Waals surface area contributed by atoms with Gasteiger partial charge < -0.3 is 9.88 Å². The fourth-order valence-corrected chi connectivity index (χ4v) is 3.39. The van der Waals surface area contributed by atoms with E-state index in [1.165, 1.54) is 11.1 Å². The molecule has 4 aromatic rings. The molecule has 146 valence electrons. The van der Waals surface area contributed by atoms with Gasteiger partial charge in [-0.3, -0.25) is 4.79 Å². The van der Waals surface area contributed by atoms with Gasteiger partial charge in [-0.25, -0.2) is 9.97 Å². The molecular formula is C24H24N4O. The van der Waals surface area contributed by atoms with Gasteiger partial charge >= 0.3 is 0 Å². The average Bonchev–Trinajstić information content (AvgIpc) is 3.12. The van der Waals surface area contributed by atoms with Crippen LogP contribution in [0.3, 0.4) is 0 Å². The third-order valence-electron chi connectivity index (χ3n) is 4.95. The van der Waals surface area contributed by atoms with Crippen molar-refractivity contribution in [3.63, 3.8) is 0 Å². The fourth-order valence-electron chi connectivity index (χ4n) is 3.39. The molecule has 0 fully saturated rings. The molecule has 0 aliphatic carbocycles. The zero-order valence-electron chi connectivity index (χ0n) is 16.5. The van der Waals surface area contributed by atoms with Crippen LogP contribution in [0.1, 0.15) is 17.5 Å². The maximum absolute atomic E-state index is 12.2. The van der Waals surface area contributed by atoms with Crippen LogP contribution in [0.2, 0.25) is 0 Å². The van der Waals surface area contributed by atoms with E-state index in [1.54, 1.807) is 6.20 Å². The lowest BCUT2D eigenvalue weighted by atomic mass is 10.1. The van der Waals surface area contributed by atoms with Crippen LogP contribution >= 0.6 is 0 Å². The predicted octanol–water partition coefficient (Wildman–Crippen LogP) is 4.16. The van der Waals surface area contributed by atoms with Crippen molar-refractivity contribution in [1.82, 2.24) is 19.9 Å². The summed E-state index contributed by atoms with van der Waals surface area (Å²) in [5.74, 6) is 0.931. The van der Waals surface area contributed by atoms with Crippen molar-refractivity contribution in [1.29, 1.82) is 0 Å². The van der Waals surface area contributed by atoms with E-state index < -0.39 is 0 Å². The molecular weight excluding hydrogens is 360 g/mol. The van der Waals surface area contributed by atoms with E-state index in [-0.39, 0.29) is 5.91 Å². The van der Waals surface area contributed by atoms with Gasteiger partial charge in [-0.05, 0) is 31.0 Å². The van der Waals surface area contributed by atoms with Gasteiger partial charge in [0.05, 0.1) is 0 Å². The summed E-state index contributed by atoms with van der Waals surface area (Å²) in [5, 5.41) is 3.03. The van der Waals surface area contributed by atoms with Crippen molar-refractivity contribution in [3.8, 4) is 11.4 Å². The first-order valence-corrected chi connectivity index (χ1v) is 9.89. The van der Waals surface area contributed by atoms with Crippen LogP contribution in [0.4, 0.5) is 0 Å². The molecule has 0 atom stereocenters. The summed E-state index contributed by atoms with van der Waals surface area (Å²) in [6.45, 7) is 3.22. The molecule has 5 heteroatoms. The predicted molar refractivity (Wildman–Crippen MR) is 115 cm³/mol. The van der Waals surface area contributed by atoms with Gasteiger partial charge in [-0.15, -0.1) is 0 Å². The Kier molecular flexibility index (Phi) is 5.66. The van der Waals surface area contributed by atoms with Crippen LogP contribution in [-0.2, 0) is 17.8 Å². The lowest BCUT2D eigenvalue weighted by Gasteiger charge is -2.10. The maximum Gasteiger partial charge on any atom is 0.220 e. The highest BCUT2D eigenvalue weighted by Gasteiger charge is 2.13. The van der Waals surface area contributed by atoms with Gasteiger partial charge in [0.15, 0.2) is 5.65 Å². The lowest BCUT2D eigenvalue weighted by Crippen LogP contribution is -2.27. The monoisotopic (exact) mass is 384 g/mol. The van der Waals surface area contributed by atoms with Gasteiger partial charge in [-0.1, -0.05) is 60.2 Å². The first kappa shape index (κ1) is 18.9. The number of aromatic nitrogens is 3. The summed E-state index contributed by atoms with van der Waals surface area (Å²) in [6, 6.07) is 22.2. The Morgan fingerprint density at radius 2 is 1.79 bits per heavy atom. The summed E-state index contributed by atoms with van der Waals surface area (Å²) < 4.78 is 2.08. The van der Waals surface area contributed by atoms with Gasteiger partial charge in [0.25, 0.3) is 0 Å². The second-order valence-electron chi connectivity index (χ2n) is 7.13. The molecule has 1 amide bonds. The lowest BCUT2D eigenvalue weighted by molar-refractivity contribution is -0.121. The van der Waals surface area contributed by atoms with Crippen LogP contribution in [0.5, 0.6) is 0 Å². The number of rotatable bonds is 7. The number of carbonyl (C=O) groups excluding carboxylic acids is 1. The molecule has 29 heavy (non-hydrogen) atoms. The first-order chi connectivity index (χ1) is 14.2. The summed E-state index contributed by atoms with van der Waals surface area (Å²) in [6.07, 6.45) is 3.01. The Bertz CT molecular complexity index is 1100. The molecule has 0 radical (unpaired) electrons. The van der Waals surface area contributed by atoms with Gasteiger partial charge in [-0.2, -0.15) is 0 Å². The normalized spacial score (nSPS) is 10.9. The molecule has 2 aromatic carbocycles. The molecule has 0 saturated carbocycles. The highest BCUT2D eigenvalue weighted by molar-refractivity contribution is 5.77. The SMILES string of the molecule is Cc1ccc(-c2nc3cccnc3n2CCNC(=O)CCc2ccccc2)cc1. The van der Waals surface area contributed by atoms with Gasteiger partial charge in [0.1, 0.15) is 11.3 Å². The van der Waals surface area contributed by atoms with Crippen molar-refractivity contribution in [2.45, 2.75) is 26.3 Å². The number of nitrogens with one attached hydrogen (secondary N) is 1. The minimum absolute atomic E-state index is 0.0584. The van der Waals surface area contributed by atoms with Gasteiger partial charge in [0.2, 0.25) is 5.91 Å². The molecule has 2 aromatic heterocycles. The summed E-state index contributed by atoms with van der Waals surface area (Å²) in [4.78, 5) is 21.5. The topological polar surface area (TPSA) is 59.8 Å². The highest BCUT2D eigenvalue weighted by Crippen LogP contribution is 2.23. The Labute approximate surface area is 170 Å². The van der Waals surface area contributed by atoms with E-state index >= 15 is 0 Å². The van der Waals surface area contributed by atoms with Crippen molar-refractivity contribution in [2.75, 3.05) is 6.54 Å². The molecule has 0 unspecified atom stereocenters. The van der Waals surface area contributed by atoms with E-state index in [0.717, 1.165) is 29.0 Å². The van der Waals surface area contributed by atoms with Gasteiger partial charge in [0, 0.05) is 31.3 Å². The van der Waals surface area contributed by atoms with E-state index in [9.17, 15) is 4.79 Å². The standard InChI is InChI=1S/C24H24N4O/c1-18-9-12-20(13-10-18)23-27-21-8-5-15-26-24(21)28(23)17-16-25-22(29)14-11-19-6-3-2-4-7-19/h2-10,12-13,15H,11,14,16-17H2,1H3,(H,25,29). The van der Waals surface area contributed by atoms with Crippen LogP contribution in [-0.4, -0.2) is 27.0 Å². The zero-order valence-corrected chi connectivity index (χ0v) is 16.5. The number of hydrogen-bond acceptors (Lipinski definition) is 3. The number of nitrogens with zero attached hydrogens (tertiary/aromatic N) is 3. The van der Waals surface area contributed by atoms with E-state index in [1.807, 2.05) is 42.5 Å². The van der Waals surface area contributed by atoms with Crippen molar-refractivity contribution >= 4 is 17.1 Å². The van der Waals surface area contributed by atoms with Crippen LogP contribution in [0.25, 0.3) is 22.6 Å². The number of amides is 1. The summed E-state index contributed by atoms with van der Waals surface area (Å²) in [7, 11) is 0. The number of aryl methyl sites for hydroxylation is 2. The molecule has 0 spiro atoms. The average molecular weight is 384 g/mol. The van der Waals surface area contributed by atoms with Crippen molar-refractivity contribution in [2.24, 2.45) is 0 Å². The second-order valence-corrected chi connectivity index (χ2v) is 7.13. The van der Waals surface area contributed by atoms with E-state index in [0.29, 0.717) is 19.5 Å². The van der Waals surface area contributed by atoms with Crippen molar-refractivity contribution < 1.29 is 4.79 Å². The number of carbonyl (C=O) groups is 1. The summed E-state index contributed by atoms with van der Waals surface area (Å²) >= 11 is 0. The minimum atomic E-state index is 0.0584. The zero-order chi connectivity index (χ0) is 20.1. The molecule has 4 rings (SSSR count). The fraction of sp³-hybridized carbons (Fsp3) is 0.208. The third-order valence-corrected chi connectivity index (χ3v) is 4.95. The van der Waals surface area contributed by atoms with Crippen LogP contribution in [0.15, 0.2) is 72.9 Å². The Hall–Kier alpha value is -3.47. The second kappa shape index (κ2) is 8.69. The van der Waals surface area contributed by atoms with Crippen LogP contribution < -0.4 is 5.32 Å². The third kappa shape index (κ3) is 4.51. The Morgan fingerprint density at radius 3 is 2.59 bits per heavy atom. The number of hydrogen-bond donors (Lipinski definition) is 1. The molecule has 0 aliphatic heterocycles. The number of benzene rings is 2. The minimum Gasteiger partial charge on any atom is -0.354 e. The molecule has 5 nitrogen and oxygen atoms in total. The number of fused-ring (bicyclic) bond motifs is 1. The van der Waals surface area contributed by atoms with Crippen LogP contribution in [0, 0.1) is 6.92 Å². The Balaban J connectivity index is 1.45. The molecule has 0 bridgehead atoms. The molecule has 1 N–H and O–H groups in total. The molecule has 0 aliphatic rings. The van der Waals surface area contributed by atoms with E-state index in [4.69, 9.17) is 4.98 Å². The number of imidazole rings is 1. The first-order valence-electron chi connectivity index (χ1n) is 9.89.